The van der Waals surface area contributed by atoms with Gasteiger partial charge in [-0.15, -0.1) is 0 Å². The fraction of sp³-hybridized carbons (Fsp3) is 0.360. The molecule has 0 atom stereocenters. The van der Waals surface area contributed by atoms with Gasteiger partial charge in [-0.25, -0.2) is 0 Å². The molecule has 1 aromatic heterocycles. The zero-order chi connectivity index (χ0) is 23.7. The number of aromatic hydroxyl groups is 1. The number of likely N-dealkylation sites (tertiary alicyclic amines) is 1. The van der Waals surface area contributed by atoms with E-state index in [2.05, 4.69) is 16.3 Å². The minimum absolute atomic E-state index is 0.144. The highest BCUT2D eigenvalue weighted by Crippen LogP contribution is 2.32. The average molecular weight is 460 g/mol. The minimum atomic E-state index is -0.312. The molecule has 2 N–H and O–H groups in total. The van der Waals surface area contributed by atoms with Crippen molar-refractivity contribution in [1.82, 2.24) is 20.0 Å². The third-order valence-corrected chi connectivity index (χ3v) is 6.39. The van der Waals surface area contributed by atoms with Crippen LogP contribution in [0.4, 0.5) is 0 Å². The summed E-state index contributed by atoms with van der Waals surface area (Å²) in [5.41, 5.74) is 2.94. The second kappa shape index (κ2) is 9.06. The number of unbranched alkanes of at least 4 members (excludes halogenated alkanes) is 1. The van der Waals surface area contributed by atoms with E-state index in [0.29, 0.717) is 62.3 Å². The molecular weight excluding hydrogens is 434 g/mol. The molecule has 174 valence electrons. The summed E-state index contributed by atoms with van der Waals surface area (Å²) in [6.45, 7) is 2.68. The van der Waals surface area contributed by atoms with Gasteiger partial charge in [0.05, 0.1) is 23.8 Å². The zero-order valence-corrected chi connectivity index (χ0v) is 18.7. The van der Waals surface area contributed by atoms with Gasteiger partial charge in [0.1, 0.15) is 11.5 Å². The Morgan fingerprint density at radius 3 is 2.68 bits per heavy atom. The Kier molecular flexibility index (Phi) is 5.80. The number of carbonyl (C=O) groups is 2. The number of nitrogens with zero attached hydrogens (tertiary/aromatic N) is 4. The maximum atomic E-state index is 13.3. The number of carbonyl (C=O) groups excluding carboxylic acids is 2. The third kappa shape index (κ3) is 4.03. The van der Waals surface area contributed by atoms with E-state index in [0.717, 1.165) is 24.0 Å². The second-order valence-electron chi connectivity index (χ2n) is 8.69. The average Bonchev–Trinajstić information content (AvgIpc) is 3.59. The molecule has 3 heterocycles. The summed E-state index contributed by atoms with van der Waals surface area (Å²) in [6, 6.07) is 10.8. The molecule has 0 unspecified atom stereocenters. The zero-order valence-electron chi connectivity index (χ0n) is 18.7. The SMILES string of the molecule is N#CCCCOc1ccc2c(c1)CN(C(=O)c1cc3c(C(=O)N4CCCC4)n[nH]c3cc1O)C2. The van der Waals surface area contributed by atoms with E-state index in [1.165, 1.54) is 6.07 Å². The summed E-state index contributed by atoms with van der Waals surface area (Å²) in [7, 11) is 0. The van der Waals surface area contributed by atoms with Gasteiger partial charge in [-0.3, -0.25) is 14.7 Å². The summed E-state index contributed by atoms with van der Waals surface area (Å²) in [4.78, 5) is 29.7. The van der Waals surface area contributed by atoms with Crippen LogP contribution in [0.15, 0.2) is 30.3 Å². The third-order valence-electron chi connectivity index (χ3n) is 6.39. The number of aromatic nitrogens is 2. The number of hydrogen-bond donors (Lipinski definition) is 2. The quantitative estimate of drug-likeness (QED) is 0.545. The van der Waals surface area contributed by atoms with Gasteiger partial charge < -0.3 is 19.6 Å². The number of hydrogen-bond acceptors (Lipinski definition) is 6. The van der Waals surface area contributed by atoms with Crippen LogP contribution in [-0.2, 0) is 13.1 Å². The number of nitriles is 1. The van der Waals surface area contributed by atoms with Crippen LogP contribution in [0.3, 0.4) is 0 Å². The van der Waals surface area contributed by atoms with Crippen molar-refractivity contribution in [2.45, 2.75) is 38.8 Å². The monoisotopic (exact) mass is 459 g/mol. The molecule has 2 amide bonds. The predicted octanol–water partition coefficient (Wildman–Crippen LogP) is 3.34. The van der Waals surface area contributed by atoms with E-state index < -0.39 is 0 Å². The van der Waals surface area contributed by atoms with Crippen LogP contribution in [-0.4, -0.2) is 56.6 Å². The number of ether oxygens (including phenoxy) is 1. The second-order valence-corrected chi connectivity index (χ2v) is 8.69. The first-order valence-electron chi connectivity index (χ1n) is 11.5. The minimum Gasteiger partial charge on any atom is -0.507 e. The molecule has 3 aromatic rings. The number of amides is 2. The molecule has 0 bridgehead atoms. The highest BCUT2D eigenvalue weighted by molar-refractivity contribution is 6.08. The van der Waals surface area contributed by atoms with E-state index in [1.54, 1.807) is 15.9 Å². The van der Waals surface area contributed by atoms with E-state index in [9.17, 15) is 14.7 Å². The van der Waals surface area contributed by atoms with Crippen LogP contribution in [0.2, 0.25) is 0 Å². The molecule has 1 saturated heterocycles. The summed E-state index contributed by atoms with van der Waals surface area (Å²) >= 11 is 0. The lowest BCUT2D eigenvalue weighted by molar-refractivity contribution is 0.0746. The number of H-pyrrole nitrogens is 1. The van der Waals surface area contributed by atoms with Crippen molar-refractivity contribution in [3.05, 3.63) is 52.7 Å². The van der Waals surface area contributed by atoms with Gasteiger partial charge >= 0.3 is 0 Å². The van der Waals surface area contributed by atoms with E-state index in [-0.39, 0.29) is 28.8 Å². The fourth-order valence-corrected chi connectivity index (χ4v) is 4.57. The number of rotatable bonds is 6. The molecule has 9 heteroatoms. The maximum absolute atomic E-state index is 13.3. The van der Waals surface area contributed by atoms with Gasteiger partial charge in [0.2, 0.25) is 0 Å². The molecule has 9 nitrogen and oxygen atoms in total. The molecular formula is C25H25N5O4. The lowest BCUT2D eigenvalue weighted by Crippen LogP contribution is -2.28. The van der Waals surface area contributed by atoms with E-state index >= 15 is 0 Å². The van der Waals surface area contributed by atoms with E-state index in [1.807, 2.05) is 18.2 Å². The van der Waals surface area contributed by atoms with Crippen molar-refractivity contribution in [2.75, 3.05) is 19.7 Å². The lowest BCUT2D eigenvalue weighted by atomic mass is 10.1. The van der Waals surface area contributed by atoms with Gasteiger partial charge in [-0.05, 0) is 48.6 Å². The van der Waals surface area contributed by atoms with Crippen molar-refractivity contribution in [2.24, 2.45) is 0 Å². The Labute approximate surface area is 196 Å². The van der Waals surface area contributed by atoms with Gasteiger partial charge in [0.25, 0.3) is 11.8 Å². The number of phenols is 1. The fourth-order valence-electron chi connectivity index (χ4n) is 4.57. The number of nitrogens with one attached hydrogen (secondary N) is 1. The molecule has 0 saturated carbocycles. The lowest BCUT2D eigenvalue weighted by Gasteiger charge is -2.17. The van der Waals surface area contributed by atoms with Crippen molar-refractivity contribution in [3.63, 3.8) is 0 Å². The number of aromatic amines is 1. The summed E-state index contributed by atoms with van der Waals surface area (Å²) < 4.78 is 5.71. The predicted molar refractivity (Wildman–Crippen MR) is 123 cm³/mol. The maximum Gasteiger partial charge on any atom is 0.274 e. The van der Waals surface area contributed by atoms with Crippen LogP contribution in [0.1, 0.15) is 57.7 Å². The van der Waals surface area contributed by atoms with Gasteiger partial charge in [-0.2, -0.15) is 10.4 Å². The van der Waals surface area contributed by atoms with Crippen LogP contribution >= 0.6 is 0 Å². The molecule has 0 spiro atoms. The normalized spacial score (nSPS) is 14.9. The Balaban J connectivity index is 1.35. The highest BCUT2D eigenvalue weighted by Gasteiger charge is 2.29. The Hall–Kier alpha value is -4.06. The molecule has 2 aliphatic heterocycles. The van der Waals surface area contributed by atoms with Crippen molar-refractivity contribution < 1.29 is 19.4 Å². The van der Waals surface area contributed by atoms with E-state index in [4.69, 9.17) is 10.00 Å². The molecule has 2 aliphatic rings. The van der Waals surface area contributed by atoms with Gasteiger partial charge in [-0.1, -0.05) is 6.07 Å². The first-order chi connectivity index (χ1) is 16.5. The van der Waals surface area contributed by atoms with Crippen LogP contribution in [0, 0.1) is 11.3 Å². The van der Waals surface area contributed by atoms with Crippen LogP contribution in [0.25, 0.3) is 10.9 Å². The first kappa shape index (κ1) is 21.8. The molecule has 34 heavy (non-hydrogen) atoms. The van der Waals surface area contributed by atoms with Crippen LogP contribution in [0.5, 0.6) is 11.5 Å². The van der Waals surface area contributed by atoms with Gasteiger partial charge in [0.15, 0.2) is 5.69 Å². The molecule has 0 radical (unpaired) electrons. The van der Waals surface area contributed by atoms with Crippen molar-refractivity contribution >= 4 is 22.7 Å². The first-order valence-corrected chi connectivity index (χ1v) is 11.5. The van der Waals surface area contributed by atoms with Gasteiger partial charge in [0, 0.05) is 44.1 Å². The Bertz CT molecular complexity index is 1300. The number of fused-ring (bicyclic) bond motifs is 2. The molecule has 0 aliphatic carbocycles. The molecule has 2 aromatic carbocycles. The highest BCUT2D eigenvalue weighted by atomic mass is 16.5. The van der Waals surface area contributed by atoms with Crippen molar-refractivity contribution in [3.8, 4) is 17.6 Å². The number of benzene rings is 2. The molecule has 1 fully saturated rings. The Morgan fingerprint density at radius 2 is 1.88 bits per heavy atom. The topological polar surface area (TPSA) is 123 Å². The standard InChI is InChI=1S/C25H25N5O4/c26-7-1-4-10-34-18-6-5-16-14-30(15-17(16)11-18)24(32)20-12-19-21(13-22(20)31)27-28-23(19)25(33)29-8-2-3-9-29/h5-6,11-13,31H,1-4,8-10,14-15H2,(H,27,28). The molecule has 5 rings (SSSR count). The van der Waals surface area contributed by atoms with Crippen LogP contribution < -0.4 is 4.74 Å². The largest absolute Gasteiger partial charge is 0.507 e. The number of phenolic OH excluding ortho intramolecular Hbond substituents is 1. The van der Waals surface area contributed by atoms with Crippen molar-refractivity contribution in [1.29, 1.82) is 5.26 Å². The Morgan fingerprint density at radius 1 is 1.09 bits per heavy atom. The summed E-state index contributed by atoms with van der Waals surface area (Å²) in [5, 5.41) is 26.7. The summed E-state index contributed by atoms with van der Waals surface area (Å²) in [6.07, 6.45) is 3.06. The smallest absolute Gasteiger partial charge is 0.274 e. The summed E-state index contributed by atoms with van der Waals surface area (Å²) in [5.74, 6) is 0.0779.